The van der Waals surface area contributed by atoms with Crippen molar-refractivity contribution in [2.45, 2.75) is 57.5 Å². The number of hydrogen-bond acceptors (Lipinski definition) is 1. The van der Waals surface area contributed by atoms with Gasteiger partial charge in [0.15, 0.2) is 0 Å². The zero-order valence-corrected chi connectivity index (χ0v) is 10.4. The van der Waals surface area contributed by atoms with Crippen LogP contribution in [0.15, 0.2) is 0 Å². The number of ketones is 1. The lowest BCUT2D eigenvalue weighted by Crippen LogP contribution is -2.46. The Kier molecular flexibility index (Phi) is 2.76. The van der Waals surface area contributed by atoms with Crippen LogP contribution in [0.4, 0.5) is 13.2 Å². The Hall–Kier alpha value is -0.540. The van der Waals surface area contributed by atoms with Crippen LogP contribution in [0.25, 0.3) is 0 Å². The van der Waals surface area contributed by atoms with Crippen molar-refractivity contribution in [3.8, 4) is 0 Å². The fraction of sp³-hybridized carbons (Fsp3) is 0.929. The van der Waals surface area contributed by atoms with Crippen LogP contribution in [0.2, 0.25) is 0 Å². The molecule has 18 heavy (non-hydrogen) atoms. The Bertz CT molecular complexity index is 323. The van der Waals surface area contributed by atoms with E-state index in [1.807, 2.05) is 0 Å². The first-order valence-electron chi connectivity index (χ1n) is 6.96. The third-order valence-corrected chi connectivity index (χ3v) is 5.36. The minimum absolute atomic E-state index is 0.0790. The van der Waals surface area contributed by atoms with Crippen molar-refractivity contribution in [1.29, 1.82) is 0 Å². The first-order valence-corrected chi connectivity index (χ1v) is 6.96. The second kappa shape index (κ2) is 3.97. The quantitative estimate of drug-likeness (QED) is 0.746. The first kappa shape index (κ1) is 12.5. The number of carbonyl (C=O) groups excluding carboxylic acids is 1. The maximum atomic E-state index is 12.3. The molecule has 0 atom stereocenters. The lowest BCUT2D eigenvalue weighted by Gasteiger charge is -2.57. The highest BCUT2D eigenvalue weighted by atomic mass is 19.4. The van der Waals surface area contributed by atoms with Crippen LogP contribution < -0.4 is 0 Å². The van der Waals surface area contributed by atoms with Gasteiger partial charge in [0.25, 0.3) is 0 Å². The van der Waals surface area contributed by atoms with Gasteiger partial charge in [0.2, 0.25) is 5.78 Å². The summed E-state index contributed by atoms with van der Waals surface area (Å²) >= 11 is 0. The number of hydrogen-bond donors (Lipinski definition) is 0. The maximum Gasteiger partial charge on any atom is 0.449 e. The molecule has 0 spiro atoms. The molecular formula is C14H19F3O. The Morgan fingerprint density at radius 2 is 1.44 bits per heavy atom. The molecular weight excluding hydrogens is 241 g/mol. The zero-order chi connectivity index (χ0) is 13.0. The predicted octanol–water partition coefficient (Wildman–Crippen LogP) is 4.11. The van der Waals surface area contributed by atoms with Gasteiger partial charge >= 0.3 is 6.18 Å². The third-order valence-electron chi connectivity index (χ3n) is 5.36. The van der Waals surface area contributed by atoms with Gasteiger partial charge in [0, 0.05) is 6.42 Å². The van der Waals surface area contributed by atoms with Gasteiger partial charge < -0.3 is 0 Å². The highest BCUT2D eigenvalue weighted by Crippen LogP contribution is 2.61. The molecule has 4 fully saturated rings. The number of rotatable bonds is 3. The minimum Gasteiger partial charge on any atom is -0.290 e. The van der Waals surface area contributed by atoms with Crippen LogP contribution >= 0.6 is 0 Å². The molecule has 0 N–H and O–H groups in total. The van der Waals surface area contributed by atoms with Crippen LogP contribution in [0.1, 0.15) is 51.4 Å². The van der Waals surface area contributed by atoms with Gasteiger partial charge in [-0.3, -0.25) is 4.79 Å². The molecule has 0 aromatic heterocycles. The van der Waals surface area contributed by atoms with Crippen LogP contribution in [-0.4, -0.2) is 12.0 Å². The van der Waals surface area contributed by atoms with Crippen molar-refractivity contribution in [3.05, 3.63) is 0 Å². The zero-order valence-electron chi connectivity index (χ0n) is 10.4. The van der Waals surface area contributed by atoms with Gasteiger partial charge in [-0.05, 0) is 68.1 Å². The summed E-state index contributed by atoms with van der Waals surface area (Å²) in [6.07, 6.45) is 2.61. The topological polar surface area (TPSA) is 17.1 Å². The molecule has 0 aliphatic heterocycles. The fourth-order valence-electron chi connectivity index (χ4n) is 5.12. The molecule has 0 aromatic carbocycles. The van der Waals surface area contributed by atoms with Crippen LogP contribution in [0.5, 0.6) is 0 Å². The highest BCUT2D eigenvalue weighted by Gasteiger charge is 2.51. The Morgan fingerprint density at radius 1 is 1.00 bits per heavy atom. The predicted molar refractivity (Wildman–Crippen MR) is 60.9 cm³/mol. The van der Waals surface area contributed by atoms with E-state index in [1.165, 1.54) is 19.3 Å². The summed E-state index contributed by atoms with van der Waals surface area (Å²) in [4.78, 5) is 11.0. The summed E-state index contributed by atoms with van der Waals surface area (Å²) in [5.74, 6) is 0.671. The van der Waals surface area contributed by atoms with E-state index in [9.17, 15) is 18.0 Å². The summed E-state index contributed by atoms with van der Waals surface area (Å²) in [5.41, 5.74) is 0.0790. The van der Waals surface area contributed by atoms with Gasteiger partial charge in [-0.1, -0.05) is 0 Å². The number of Topliss-reactive ketones (excluding diaryl/α,β-unsaturated/α-hetero) is 1. The Balaban J connectivity index is 1.64. The molecule has 4 saturated carbocycles. The van der Waals surface area contributed by atoms with E-state index in [4.69, 9.17) is 0 Å². The van der Waals surface area contributed by atoms with Gasteiger partial charge in [0.05, 0.1) is 0 Å². The molecule has 4 rings (SSSR count). The first-order chi connectivity index (χ1) is 8.36. The molecule has 102 valence electrons. The minimum atomic E-state index is -4.64. The average molecular weight is 260 g/mol. The monoisotopic (exact) mass is 260 g/mol. The van der Waals surface area contributed by atoms with E-state index in [2.05, 4.69) is 0 Å². The summed E-state index contributed by atoms with van der Waals surface area (Å²) in [7, 11) is 0. The van der Waals surface area contributed by atoms with E-state index in [-0.39, 0.29) is 11.8 Å². The summed E-state index contributed by atoms with van der Waals surface area (Å²) < 4.78 is 36.8. The molecule has 0 saturated heterocycles. The van der Waals surface area contributed by atoms with Gasteiger partial charge in [-0.15, -0.1) is 0 Å². The molecule has 0 heterocycles. The molecule has 0 aromatic rings. The Labute approximate surface area is 105 Å². The van der Waals surface area contributed by atoms with Crippen LogP contribution in [0, 0.1) is 23.2 Å². The van der Waals surface area contributed by atoms with Crippen molar-refractivity contribution in [2.24, 2.45) is 23.2 Å². The largest absolute Gasteiger partial charge is 0.449 e. The van der Waals surface area contributed by atoms with E-state index >= 15 is 0 Å². The van der Waals surface area contributed by atoms with Crippen molar-refractivity contribution in [1.82, 2.24) is 0 Å². The van der Waals surface area contributed by atoms with Gasteiger partial charge in [-0.25, -0.2) is 0 Å². The van der Waals surface area contributed by atoms with Crippen molar-refractivity contribution >= 4 is 5.78 Å². The molecule has 4 aliphatic rings. The summed E-state index contributed by atoms with van der Waals surface area (Å²) in [5, 5.41) is 0. The van der Waals surface area contributed by atoms with E-state index in [0.717, 1.165) is 37.0 Å². The number of halogens is 3. The highest BCUT2D eigenvalue weighted by molar-refractivity contribution is 5.83. The van der Waals surface area contributed by atoms with Crippen molar-refractivity contribution in [3.63, 3.8) is 0 Å². The summed E-state index contributed by atoms with van der Waals surface area (Å²) in [6.45, 7) is 0. The number of carbonyl (C=O) groups is 1. The van der Waals surface area contributed by atoms with E-state index in [0.29, 0.717) is 6.42 Å². The van der Waals surface area contributed by atoms with Crippen molar-refractivity contribution < 1.29 is 18.0 Å². The van der Waals surface area contributed by atoms with Gasteiger partial charge in [-0.2, -0.15) is 13.2 Å². The van der Waals surface area contributed by atoms with E-state index < -0.39 is 12.0 Å². The van der Waals surface area contributed by atoms with Crippen LogP contribution in [-0.2, 0) is 4.79 Å². The Morgan fingerprint density at radius 3 is 1.83 bits per heavy atom. The molecule has 4 bridgehead atoms. The molecule has 0 radical (unpaired) electrons. The second-order valence-electron chi connectivity index (χ2n) is 6.84. The third kappa shape index (κ3) is 2.19. The standard InChI is InChI=1S/C14H19F3O/c15-14(16,17)12(18)1-2-13-6-9-3-10(7-13)5-11(4-9)8-13/h9-11H,1-8H2. The molecule has 0 amide bonds. The molecule has 4 heteroatoms. The smallest absolute Gasteiger partial charge is 0.290 e. The van der Waals surface area contributed by atoms with Crippen molar-refractivity contribution in [2.75, 3.05) is 0 Å². The molecule has 1 nitrogen and oxygen atoms in total. The normalized spacial score (nSPS) is 42.3. The SMILES string of the molecule is O=C(CCC12CC3CC(CC(C3)C1)C2)C(F)(F)F. The summed E-state index contributed by atoms with van der Waals surface area (Å²) in [6, 6.07) is 0. The lowest BCUT2D eigenvalue weighted by molar-refractivity contribution is -0.172. The van der Waals surface area contributed by atoms with Gasteiger partial charge in [0.1, 0.15) is 0 Å². The molecule has 4 aliphatic carbocycles. The van der Waals surface area contributed by atoms with Crippen LogP contribution in [0.3, 0.4) is 0 Å². The molecule has 0 unspecified atom stereocenters. The fourth-order valence-corrected chi connectivity index (χ4v) is 5.12. The second-order valence-corrected chi connectivity index (χ2v) is 6.84. The number of alkyl halides is 3. The maximum absolute atomic E-state index is 12.3. The lowest BCUT2D eigenvalue weighted by atomic mass is 9.48. The average Bonchev–Trinajstić information content (AvgIpc) is 2.22. The van der Waals surface area contributed by atoms with E-state index in [1.54, 1.807) is 0 Å².